The minimum atomic E-state index is -0.219. The van der Waals surface area contributed by atoms with Crippen molar-refractivity contribution in [2.45, 2.75) is 6.42 Å². The van der Waals surface area contributed by atoms with Crippen LogP contribution in [0.15, 0.2) is 48.5 Å². The van der Waals surface area contributed by atoms with E-state index in [0.717, 1.165) is 5.56 Å². The molecule has 1 amide bonds. The molecule has 128 valence electrons. The van der Waals surface area contributed by atoms with Crippen molar-refractivity contribution in [3.05, 3.63) is 64.9 Å². The largest absolute Gasteiger partial charge is 0.497 e. The number of carbonyl (C=O) groups is 1. The third-order valence-corrected chi connectivity index (χ3v) is 3.80. The Balaban J connectivity index is 1.57. The molecule has 0 aliphatic carbocycles. The summed E-state index contributed by atoms with van der Waals surface area (Å²) in [6.45, 7) is 0.428. The van der Waals surface area contributed by atoms with E-state index in [1.165, 1.54) is 7.11 Å². The second kappa shape index (κ2) is 7.81. The number of H-pyrrole nitrogens is 1. The average molecular weight is 357 g/mol. The number of ether oxygens (including phenoxy) is 1. The Morgan fingerprint density at radius 2 is 2.04 bits per heavy atom. The lowest BCUT2D eigenvalue weighted by Gasteiger charge is -2.07. The zero-order valence-electron chi connectivity index (χ0n) is 13.6. The van der Waals surface area contributed by atoms with Gasteiger partial charge < -0.3 is 10.1 Å². The van der Waals surface area contributed by atoms with Crippen LogP contribution in [0.1, 0.15) is 16.2 Å². The van der Waals surface area contributed by atoms with Crippen molar-refractivity contribution in [2.75, 3.05) is 13.7 Å². The second-order valence-electron chi connectivity index (χ2n) is 5.36. The van der Waals surface area contributed by atoms with E-state index in [-0.39, 0.29) is 5.91 Å². The van der Waals surface area contributed by atoms with Crippen LogP contribution in [0.2, 0.25) is 5.02 Å². The van der Waals surface area contributed by atoms with Crippen molar-refractivity contribution in [1.82, 2.24) is 20.5 Å². The van der Waals surface area contributed by atoms with Gasteiger partial charge >= 0.3 is 0 Å². The summed E-state index contributed by atoms with van der Waals surface area (Å²) >= 11 is 5.98. The van der Waals surface area contributed by atoms with E-state index in [0.29, 0.717) is 40.9 Å². The lowest BCUT2D eigenvalue weighted by molar-refractivity contribution is 0.0953. The van der Waals surface area contributed by atoms with Gasteiger partial charge in [0, 0.05) is 29.1 Å². The fourth-order valence-corrected chi connectivity index (χ4v) is 2.56. The first kappa shape index (κ1) is 17.0. The van der Waals surface area contributed by atoms with Gasteiger partial charge in [0.05, 0.1) is 7.11 Å². The van der Waals surface area contributed by atoms with Crippen LogP contribution in [-0.2, 0) is 6.42 Å². The maximum absolute atomic E-state index is 12.2. The molecule has 0 aliphatic heterocycles. The minimum absolute atomic E-state index is 0.219. The number of hydrogen-bond acceptors (Lipinski definition) is 4. The van der Waals surface area contributed by atoms with Crippen molar-refractivity contribution < 1.29 is 9.53 Å². The van der Waals surface area contributed by atoms with Crippen LogP contribution in [0.25, 0.3) is 11.4 Å². The normalized spacial score (nSPS) is 10.5. The lowest BCUT2D eigenvalue weighted by atomic mass is 10.2. The van der Waals surface area contributed by atoms with Gasteiger partial charge in [-0.25, -0.2) is 4.98 Å². The highest BCUT2D eigenvalue weighted by molar-refractivity contribution is 6.31. The van der Waals surface area contributed by atoms with E-state index in [9.17, 15) is 4.79 Å². The van der Waals surface area contributed by atoms with Crippen molar-refractivity contribution in [3.8, 4) is 17.1 Å². The molecule has 1 aromatic heterocycles. The molecule has 0 saturated heterocycles. The molecule has 0 fully saturated rings. The second-order valence-corrected chi connectivity index (χ2v) is 5.79. The predicted molar refractivity (Wildman–Crippen MR) is 95.9 cm³/mol. The summed E-state index contributed by atoms with van der Waals surface area (Å²) in [5, 5.41) is 10.4. The van der Waals surface area contributed by atoms with Crippen LogP contribution in [0.5, 0.6) is 5.75 Å². The van der Waals surface area contributed by atoms with Crippen LogP contribution in [0, 0.1) is 0 Å². The van der Waals surface area contributed by atoms with Crippen LogP contribution in [-0.4, -0.2) is 34.7 Å². The van der Waals surface area contributed by atoms with Gasteiger partial charge in [0.2, 0.25) is 0 Å². The van der Waals surface area contributed by atoms with Gasteiger partial charge in [-0.2, -0.15) is 5.10 Å². The average Bonchev–Trinajstić information content (AvgIpc) is 3.10. The highest BCUT2D eigenvalue weighted by Crippen LogP contribution is 2.20. The van der Waals surface area contributed by atoms with Gasteiger partial charge in [-0.15, -0.1) is 0 Å². The molecule has 6 nitrogen and oxygen atoms in total. The first-order valence-electron chi connectivity index (χ1n) is 7.75. The van der Waals surface area contributed by atoms with Crippen molar-refractivity contribution in [2.24, 2.45) is 0 Å². The number of aromatic nitrogens is 3. The summed E-state index contributed by atoms with van der Waals surface area (Å²) in [6.07, 6.45) is 0.545. The Kier molecular flexibility index (Phi) is 5.30. The zero-order valence-corrected chi connectivity index (χ0v) is 14.4. The molecule has 0 aliphatic rings. The maximum atomic E-state index is 12.2. The number of nitrogens with zero attached hydrogens (tertiary/aromatic N) is 2. The minimum Gasteiger partial charge on any atom is -0.497 e. The fraction of sp³-hybridized carbons (Fsp3) is 0.167. The Bertz CT molecular complexity index is 865. The number of benzene rings is 2. The zero-order chi connectivity index (χ0) is 17.6. The molecule has 0 radical (unpaired) electrons. The third-order valence-electron chi connectivity index (χ3n) is 3.58. The van der Waals surface area contributed by atoms with E-state index in [1.807, 2.05) is 30.3 Å². The smallest absolute Gasteiger partial charge is 0.251 e. The molecule has 0 spiro atoms. The molecule has 0 atom stereocenters. The van der Waals surface area contributed by atoms with Crippen LogP contribution < -0.4 is 10.1 Å². The molecule has 7 heteroatoms. The summed E-state index contributed by atoms with van der Waals surface area (Å²) < 4.78 is 5.12. The van der Waals surface area contributed by atoms with E-state index in [4.69, 9.17) is 16.3 Å². The number of rotatable bonds is 6. The third kappa shape index (κ3) is 4.36. The molecular formula is C18H17ClN4O2. The summed E-state index contributed by atoms with van der Waals surface area (Å²) in [6, 6.07) is 14.6. The molecule has 3 rings (SSSR count). The molecular weight excluding hydrogens is 340 g/mol. The number of halogens is 1. The fourth-order valence-electron chi connectivity index (χ4n) is 2.33. The van der Waals surface area contributed by atoms with Gasteiger partial charge in [0.1, 0.15) is 11.6 Å². The number of methoxy groups -OCH3 is 1. The van der Waals surface area contributed by atoms with Gasteiger partial charge in [-0.05, 0) is 18.2 Å². The number of nitrogens with one attached hydrogen (secondary N) is 2. The summed E-state index contributed by atoms with van der Waals surface area (Å²) in [5.74, 6) is 1.67. The maximum Gasteiger partial charge on any atom is 0.251 e. The highest BCUT2D eigenvalue weighted by Gasteiger charge is 2.10. The number of aromatic amines is 1. The number of hydrogen-bond donors (Lipinski definition) is 2. The summed E-state index contributed by atoms with van der Waals surface area (Å²) in [7, 11) is 1.53. The van der Waals surface area contributed by atoms with Gasteiger partial charge in [0.15, 0.2) is 5.82 Å². The van der Waals surface area contributed by atoms with E-state index < -0.39 is 0 Å². The molecule has 0 bridgehead atoms. The molecule has 3 aromatic rings. The summed E-state index contributed by atoms with van der Waals surface area (Å²) in [5.41, 5.74) is 1.40. The monoisotopic (exact) mass is 356 g/mol. The van der Waals surface area contributed by atoms with Gasteiger partial charge in [-0.1, -0.05) is 41.9 Å². The quantitative estimate of drug-likeness (QED) is 0.711. The van der Waals surface area contributed by atoms with Gasteiger partial charge in [-0.3, -0.25) is 9.89 Å². The molecule has 25 heavy (non-hydrogen) atoms. The van der Waals surface area contributed by atoms with E-state index in [1.54, 1.807) is 18.2 Å². The molecule has 1 heterocycles. The molecule has 2 aromatic carbocycles. The molecule has 0 unspecified atom stereocenters. The molecule has 0 saturated carbocycles. The first-order valence-corrected chi connectivity index (χ1v) is 8.13. The van der Waals surface area contributed by atoms with Crippen LogP contribution in [0.4, 0.5) is 0 Å². The van der Waals surface area contributed by atoms with Crippen molar-refractivity contribution in [3.63, 3.8) is 0 Å². The van der Waals surface area contributed by atoms with E-state index in [2.05, 4.69) is 20.5 Å². The number of amides is 1. The van der Waals surface area contributed by atoms with Crippen molar-refractivity contribution >= 4 is 17.5 Å². The number of carbonyl (C=O) groups excluding carboxylic acids is 1. The Morgan fingerprint density at radius 1 is 1.24 bits per heavy atom. The predicted octanol–water partition coefficient (Wildman–Crippen LogP) is 3.11. The Hall–Kier alpha value is -2.86. The Labute approximate surface area is 150 Å². The SMILES string of the molecule is COc1cc(Cl)cc(C(=O)NCCc2nc(-c3ccccc3)n[nH]2)c1. The topological polar surface area (TPSA) is 79.9 Å². The van der Waals surface area contributed by atoms with E-state index >= 15 is 0 Å². The van der Waals surface area contributed by atoms with Crippen molar-refractivity contribution in [1.29, 1.82) is 0 Å². The summed E-state index contributed by atoms with van der Waals surface area (Å²) in [4.78, 5) is 16.6. The standard InChI is InChI=1S/C18H17ClN4O2/c1-25-15-10-13(9-14(19)11-15)18(24)20-8-7-16-21-17(23-22-16)12-5-3-2-4-6-12/h2-6,9-11H,7-8H2,1H3,(H,20,24)(H,21,22,23). The first-order chi connectivity index (χ1) is 12.2. The molecule has 2 N–H and O–H groups in total. The van der Waals surface area contributed by atoms with Crippen LogP contribution in [0.3, 0.4) is 0 Å². The van der Waals surface area contributed by atoms with Gasteiger partial charge in [0.25, 0.3) is 5.91 Å². The highest BCUT2D eigenvalue weighted by atomic mass is 35.5. The van der Waals surface area contributed by atoms with Crippen LogP contribution >= 0.6 is 11.6 Å². The Morgan fingerprint density at radius 3 is 2.80 bits per heavy atom. The lowest BCUT2D eigenvalue weighted by Crippen LogP contribution is -2.26.